The molecule has 6 heteroatoms. The van der Waals surface area contributed by atoms with Crippen molar-refractivity contribution in [3.8, 4) is 11.1 Å². The Labute approximate surface area is 116 Å². The van der Waals surface area contributed by atoms with E-state index in [0.29, 0.717) is 5.56 Å². The molecule has 0 saturated heterocycles. The van der Waals surface area contributed by atoms with Crippen LogP contribution in [0.5, 0.6) is 0 Å². The van der Waals surface area contributed by atoms with Crippen LogP contribution in [0.3, 0.4) is 0 Å². The molecule has 0 aliphatic heterocycles. The Bertz CT molecular complexity index is 611. The van der Waals surface area contributed by atoms with Gasteiger partial charge < -0.3 is 4.55 Å². The molecule has 0 spiro atoms. The third-order valence-corrected chi connectivity index (χ3v) is 3.70. The third-order valence-electron chi connectivity index (χ3n) is 2.35. The molecule has 1 atom stereocenters. The van der Waals surface area contributed by atoms with Crippen LogP contribution in [0, 0.1) is 5.82 Å². The van der Waals surface area contributed by atoms with Crippen molar-refractivity contribution in [2.45, 2.75) is 4.90 Å². The molecule has 0 aliphatic carbocycles. The summed E-state index contributed by atoms with van der Waals surface area (Å²) in [7, 11) is 0. The smallest absolute Gasteiger partial charge is 0.123 e. The lowest BCUT2D eigenvalue weighted by molar-refractivity contribution is 0.537. The number of hydrogen-bond acceptors (Lipinski definition) is 2. The predicted molar refractivity (Wildman–Crippen MR) is 69.0 cm³/mol. The van der Waals surface area contributed by atoms with Crippen LogP contribution in [0.1, 0.15) is 0 Å². The Hall–Kier alpha value is -0.940. The van der Waals surface area contributed by atoms with Gasteiger partial charge in [-0.15, -0.1) is 0 Å². The van der Waals surface area contributed by atoms with Gasteiger partial charge in [0.2, 0.25) is 0 Å². The number of hydrogen-bond donors (Lipinski definition) is 0. The van der Waals surface area contributed by atoms with Crippen LogP contribution in [0.25, 0.3) is 11.1 Å². The largest absolute Gasteiger partial charge is 0.768 e. The van der Waals surface area contributed by atoms with E-state index >= 15 is 0 Å². The Balaban J connectivity index is 2.77. The average Bonchev–Trinajstić information content (AvgIpc) is 2.28. The molecule has 0 radical (unpaired) electrons. The predicted octanol–water partition coefficient (Wildman–Crippen LogP) is 4.04. The van der Waals surface area contributed by atoms with E-state index in [1.807, 2.05) is 0 Å². The highest BCUT2D eigenvalue weighted by molar-refractivity contribution is 7.79. The maximum absolute atomic E-state index is 13.3. The van der Waals surface area contributed by atoms with Gasteiger partial charge in [0.15, 0.2) is 0 Å². The molecule has 0 fully saturated rings. The van der Waals surface area contributed by atoms with Crippen LogP contribution >= 0.6 is 23.2 Å². The molecule has 94 valence electrons. The number of halogens is 3. The zero-order chi connectivity index (χ0) is 13.3. The number of benzene rings is 2. The van der Waals surface area contributed by atoms with E-state index < -0.39 is 16.9 Å². The second kappa shape index (κ2) is 5.36. The molecule has 1 unspecified atom stereocenters. The summed E-state index contributed by atoms with van der Waals surface area (Å²) in [5.74, 6) is -0.560. The van der Waals surface area contributed by atoms with Crippen molar-refractivity contribution in [2.75, 3.05) is 0 Å². The zero-order valence-electron chi connectivity index (χ0n) is 8.82. The number of rotatable bonds is 2. The molecule has 2 aromatic rings. The molecular formula is C12H6Cl2FO2S-. The van der Waals surface area contributed by atoms with Crippen LogP contribution in [-0.4, -0.2) is 8.76 Å². The van der Waals surface area contributed by atoms with E-state index in [1.54, 1.807) is 18.2 Å². The lowest BCUT2D eigenvalue weighted by atomic mass is 10.1. The monoisotopic (exact) mass is 303 g/mol. The van der Waals surface area contributed by atoms with Crippen LogP contribution in [0.2, 0.25) is 10.0 Å². The van der Waals surface area contributed by atoms with Gasteiger partial charge in [0.25, 0.3) is 0 Å². The molecule has 2 nitrogen and oxygen atoms in total. The maximum atomic E-state index is 13.3. The normalized spacial score (nSPS) is 12.4. The zero-order valence-corrected chi connectivity index (χ0v) is 11.2. The first-order valence-corrected chi connectivity index (χ1v) is 6.67. The second-order valence-electron chi connectivity index (χ2n) is 3.47. The minimum atomic E-state index is -2.50. The molecule has 0 aromatic heterocycles. The van der Waals surface area contributed by atoms with E-state index in [1.165, 1.54) is 6.07 Å². The van der Waals surface area contributed by atoms with Crippen molar-refractivity contribution in [1.82, 2.24) is 0 Å². The minimum Gasteiger partial charge on any atom is -0.768 e. The summed E-state index contributed by atoms with van der Waals surface area (Å²) in [6.07, 6.45) is 0. The highest BCUT2D eigenvalue weighted by atomic mass is 35.5. The Kier molecular flexibility index (Phi) is 4.02. The van der Waals surface area contributed by atoms with E-state index in [9.17, 15) is 13.2 Å². The summed E-state index contributed by atoms with van der Waals surface area (Å²) < 4.78 is 35.5. The molecule has 0 saturated carbocycles. The van der Waals surface area contributed by atoms with Gasteiger partial charge in [-0.05, 0) is 41.4 Å². The SMILES string of the molecule is O=S([O-])c1ccc(F)cc1-c1c(Cl)cccc1Cl. The molecule has 0 bridgehead atoms. The summed E-state index contributed by atoms with van der Waals surface area (Å²) in [5.41, 5.74) is 0.457. The van der Waals surface area contributed by atoms with E-state index in [4.69, 9.17) is 23.2 Å². The fourth-order valence-electron chi connectivity index (χ4n) is 1.60. The van der Waals surface area contributed by atoms with Gasteiger partial charge in [0.1, 0.15) is 5.82 Å². The topological polar surface area (TPSA) is 40.1 Å². The fraction of sp³-hybridized carbons (Fsp3) is 0. The molecule has 0 amide bonds. The average molecular weight is 304 g/mol. The second-order valence-corrected chi connectivity index (χ2v) is 5.20. The molecule has 2 rings (SSSR count). The standard InChI is InChI=1S/C12H7Cl2FO2S/c13-9-2-1-3-10(14)12(9)8-6-7(15)4-5-11(8)18(16)17/h1-6H,(H,16,17)/p-1. The summed E-state index contributed by atoms with van der Waals surface area (Å²) in [5, 5.41) is 0.527. The van der Waals surface area contributed by atoms with Crippen molar-refractivity contribution in [3.63, 3.8) is 0 Å². The van der Waals surface area contributed by atoms with Gasteiger partial charge in [-0.1, -0.05) is 29.3 Å². The Morgan fingerprint density at radius 2 is 1.72 bits per heavy atom. The van der Waals surface area contributed by atoms with Gasteiger partial charge >= 0.3 is 0 Å². The van der Waals surface area contributed by atoms with Gasteiger partial charge in [0, 0.05) is 26.1 Å². The van der Waals surface area contributed by atoms with Crippen LogP contribution in [0.4, 0.5) is 4.39 Å². The maximum Gasteiger partial charge on any atom is 0.123 e. The highest BCUT2D eigenvalue weighted by Crippen LogP contribution is 2.37. The first kappa shape index (κ1) is 13.5. The third kappa shape index (κ3) is 2.57. The van der Waals surface area contributed by atoms with Crippen LogP contribution < -0.4 is 0 Å². The first-order valence-electron chi connectivity index (χ1n) is 4.84. The summed E-state index contributed by atoms with van der Waals surface area (Å²) in [6, 6.07) is 8.09. The van der Waals surface area contributed by atoms with Gasteiger partial charge in [-0.2, -0.15) is 0 Å². The van der Waals surface area contributed by atoms with Gasteiger partial charge in [-0.3, -0.25) is 4.21 Å². The van der Waals surface area contributed by atoms with Crippen LogP contribution in [-0.2, 0) is 11.1 Å². The Morgan fingerprint density at radius 1 is 1.11 bits per heavy atom. The first-order chi connectivity index (χ1) is 8.50. The minimum absolute atomic E-state index is 0.0496. The molecule has 2 aromatic carbocycles. The van der Waals surface area contributed by atoms with E-state index in [-0.39, 0.29) is 20.5 Å². The summed E-state index contributed by atoms with van der Waals surface area (Å²) in [6.45, 7) is 0. The summed E-state index contributed by atoms with van der Waals surface area (Å²) >= 11 is 9.47. The molecule has 18 heavy (non-hydrogen) atoms. The van der Waals surface area contributed by atoms with Gasteiger partial charge in [0.05, 0.1) is 0 Å². The Morgan fingerprint density at radius 3 is 2.28 bits per heavy atom. The van der Waals surface area contributed by atoms with Crippen molar-refractivity contribution in [3.05, 3.63) is 52.3 Å². The lowest BCUT2D eigenvalue weighted by Crippen LogP contribution is -1.95. The van der Waals surface area contributed by atoms with E-state index in [2.05, 4.69) is 0 Å². The molecular weight excluding hydrogens is 298 g/mol. The molecule has 0 N–H and O–H groups in total. The van der Waals surface area contributed by atoms with Crippen molar-refractivity contribution in [1.29, 1.82) is 0 Å². The van der Waals surface area contributed by atoms with Crippen molar-refractivity contribution >= 4 is 34.3 Å². The molecule has 0 aliphatic rings. The quantitative estimate of drug-likeness (QED) is 0.786. The summed E-state index contributed by atoms with van der Waals surface area (Å²) in [4.78, 5) is -0.0496. The van der Waals surface area contributed by atoms with E-state index in [0.717, 1.165) is 12.1 Å². The molecule has 0 heterocycles. The van der Waals surface area contributed by atoms with Crippen molar-refractivity contribution < 1.29 is 13.2 Å². The van der Waals surface area contributed by atoms with Gasteiger partial charge in [-0.25, -0.2) is 4.39 Å². The van der Waals surface area contributed by atoms with Crippen molar-refractivity contribution in [2.24, 2.45) is 0 Å². The van der Waals surface area contributed by atoms with Crippen LogP contribution in [0.15, 0.2) is 41.3 Å². The highest BCUT2D eigenvalue weighted by Gasteiger charge is 2.13. The lowest BCUT2D eigenvalue weighted by Gasteiger charge is -2.14. The fourth-order valence-corrected chi connectivity index (χ4v) is 2.72.